The number of fused-ring (bicyclic) bond motifs is 1. The third-order valence-electron chi connectivity index (χ3n) is 4.13. The Kier molecular flexibility index (Phi) is 2.75. The van der Waals surface area contributed by atoms with Gasteiger partial charge in [0, 0.05) is 12.5 Å². The number of hydrogen-bond acceptors (Lipinski definition) is 4. The summed E-state index contributed by atoms with van der Waals surface area (Å²) in [7, 11) is 0. The van der Waals surface area contributed by atoms with Crippen LogP contribution in [0.1, 0.15) is 16.8 Å². The van der Waals surface area contributed by atoms with Crippen LogP contribution in [0.4, 0.5) is 0 Å². The summed E-state index contributed by atoms with van der Waals surface area (Å²) in [5.41, 5.74) is 1.35. The summed E-state index contributed by atoms with van der Waals surface area (Å²) in [6.45, 7) is 8.95. The van der Waals surface area contributed by atoms with Crippen molar-refractivity contribution in [2.75, 3.05) is 13.1 Å². The third-order valence-corrected chi connectivity index (χ3v) is 4.13. The number of benzene rings is 1. The van der Waals surface area contributed by atoms with Gasteiger partial charge < -0.3 is 4.84 Å². The lowest BCUT2D eigenvalue weighted by molar-refractivity contribution is -0.0956. The molecule has 1 aliphatic heterocycles. The summed E-state index contributed by atoms with van der Waals surface area (Å²) in [6.07, 6.45) is 0.943. The second-order valence-corrected chi connectivity index (χ2v) is 5.15. The zero-order chi connectivity index (χ0) is 13.5. The fourth-order valence-corrected chi connectivity index (χ4v) is 2.94. The summed E-state index contributed by atoms with van der Waals surface area (Å²) < 4.78 is 0. The molecule has 19 heavy (non-hydrogen) atoms. The van der Waals surface area contributed by atoms with E-state index in [4.69, 9.17) is 4.84 Å². The van der Waals surface area contributed by atoms with E-state index in [2.05, 4.69) is 18.3 Å². The molecule has 0 amide bonds. The van der Waals surface area contributed by atoms with Gasteiger partial charge in [0.15, 0.2) is 0 Å². The molecule has 1 aliphatic carbocycles. The van der Waals surface area contributed by atoms with Gasteiger partial charge in [-0.15, -0.1) is 5.06 Å². The molecule has 3 rings (SSSR count). The van der Waals surface area contributed by atoms with Gasteiger partial charge >= 0.3 is 5.97 Å². The molecule has 0 spiro atoms. The molecule has 2 atom stereocenters. The Bertz CT molecular complexity index is 540. The van der Waals surface area contributed by atoms with Crippen LogP contribution in [0.15, 0.2) is 47.5 Å². The van der Waals surface area contributed by atoms with Crippen LogP contribution < -0.4 is 0 Å². The Morgan fingerprint density at radius 1 is 1.42 bits per heavy atom. The Balaban J connectivity index is 1.68. The van der Waals surface area contributed by atoms with Gasteiger partial charge in [0.25, 0.3) is 0 Å². The zero-order valence-corrected chi connectivity index (χ0v) is 10.7. The maximum atomic E-state index is 12.0. The maximum absolute atomic E-state index is 12.0. The van der Waals surface area contributed by atoms with E-state index in [0.717, 1.165) is 12.0 Å². The smallest absolute Gasteiger partial charge is 0.357 e. The standard InChI is InChI=1S/C15H16N2O2/c1-11-8-13-9-17(10-15(11,13)16-2)19-14(18)12-6-4-3-5-7-12/h3-7,13H,1-2,8-10H2/t13?,15-/m1/s1. The van der Waals surface area contributed by atoms with E-state index in [9.17, 15) is 4.79 Å². The fourth-order valence-electron chi connectivity index (χ4n) is 2.94. The highest BCUT2D eigenvalue weighted by molar-refractivity contribution is 5.89. The normalized spacial score (nSPS) is 29.5. The predicted molar refractivity (Wildman–Crippen MR) is 73.0 cm³/mol. The van der Waals surface area contributed by atoms with Crippen molar-refractivity contribution in [2.45, 2.75) is 12.0 Å². The first-order valence-corrected chi connectivity index (χ1v) is 6.34. The molecule has 0 N–H and O–H groups in total. The molecule has 4 heteroatoms. The lowest BCUT2D eigenvalue weighted by Crippen LogP contribution is -2.47. The molecule has 0 bridgehead atoms. The fraction of sp³-hybridized carbons (Fsp3) is 0.333. The van der Waals surface area contributed by atoms with Crippen LogP contribution in [0, 0.1) is 5.92 Å². The first-order chi connectivity index (χ1) is 9.15. The molecular formula is C15H16N2O2. The molecule has 4 nitrogen and oxygen atoms in total. The van der Waals surface area contributed by atoms with Crippen molar-refractivity contribution in [3.63, 3.8) is 0 Å². The van der Waals surface area contributed by atoms with Gasteiger partial charge in [-0.2, -0.15) is 0 Å². The molecule has 1 aromatic rings. The average molecular weight is 256 g/mol. The molecular weight excluding hydrogens is 240 g/mol. The largest absolute Gasteiger partial charge is 0.364 e. The van der Waals surface area contributed by atoms with Crippen LogP contribution >= 0.6 is 0 Å². The Labute approximate surface area is 112 Å². The third kappa shape index (κ3) is 1.79. The molecule has 1 unspecified atom stereocenters. The Morgan fingerprint density at radius 3 is 2.74 bits per heavy atom. The average Bonchev–Trinajstić information content (AvgIpc) is 2.72. The Morgan fingerprint density at radius 2 is 2.16 bits per heavy atom. The van der Waals surface area contributed by atoms with Crippen LogP contribution in [-0.2, 0) is 4.84 Å². The summed E-state index contributed by atoms with van der Waals surface area (Å²) in [4.78, 5) is 21.6. The van der Waals surface area contributed by atoms with E-state index in [0.29, 0.717) is 24.6 Å². The van der Waals surface area contributed by atoms with Gasteiger partial charge in [-0.3, -0.25) is 4.99 Å². The molecule has 2 aliphatic rings. The number of carbonyl (C=O) groups excluding carboxylic acids is 1. The van der Waals surface area contributed by atoms with Crippen molar-refractivity contribution in [1.29, 1.82) is 0 Å². The molecule has 1 saturated heterocycles. The van der Waals surface area contributed by atoms with E-state index in [1.165, 1.54) is 0 Å². The minimum atomic E-state index is -0.327. The first-order valence-electron chi connectivity index (χ1n) is 6.34. The minimum Gasteiger partial charge on any atom is -0.364 e. The van der Waals surface area contributed by atoms with Crippen molar-refractivity contribution in [1.82, 2.24) is 5.06 Å². The van der Waals surface area contributed by atoms with Gasteiger partial charge in [0.2, 0.25) is 0 Å². The van der Waals surface area contributed by atoms with Crippen LogP contribution in [0.25, 0.3) is 0 Å². The molecule has 0 radical (unpaired) electrons. The molecule has 1 heterocycles. The summed E-state index contributed by atoms with van der Waals surface area (Å²) in [5, 5.41) is 1.69. The zero-order valence-electron chi connectivity index (χ0n) is 10.7. The second-order valence-electron chi connectivity index (χ2n) is 5.15. The van der Waals surface area contributed by atoms with Crippen LogP contribution in [0.2, 0.25) is 0 Å². The topological polar surface area (TPSA) is 41.9 Å². The molecule has 2 fully saturated rings. The molecule has 1 aromatic carbocycles. The molecule has 1 saturated carbocycles. The minimum absolute atomic E-state index is 0.295. The SMILES string of the molecule is C=N[C@@]12CN(OC(=O)c3ccccc3)CC1CC2=C. The van der Waals surface area contributed by atoms with Crippen molar-refractivity contribution in [2.24, 2.45) is 10.9 Å². The lowest BCUT2D eigenvalue weighted by Gasteiger charge is -2.42. The van der Waals surface area contributed by atoms with Crippen LogP contribution in [-0.4, -0.2) is 36.4 Å². The summed E-state index contributed by atoms with van der Waals surface area (Å²) in [5.74, 6) is 0.0489. The van der Waals surface area contributed by atoms with E-state index in [-0.39, 0.29) is 11.5 Å². The van der Waals surface area contributed by atoms with Crippen molar-refractivity contribution in [3.8, 4) is 0 Å². The van der Waals surface area contributed by atoms with Crippen molar-refractivity contribution in [3.05, 3.63) is 48.0 Å². The second kappa shape index (κ2) is 4.31. The van der Waals surface area contributed by atoms with Gasteiger partial charge in [0.05, 0.1) is 12.1 Å². The highest BCUT2D eigenvalue weighted by Gasteiger charge is 2.56. The number of rotatable bonds is 3. The van der Waals surface area contributed by atoms with E-state index in [1.54, 1.807) is 17.2 Å². The van der Waals surface area contributed by atoms with E-state index >= 15 is 0 Å². The van der Waals surface area contributed by atoms with Crippen molar-refractivity contribution < 1.29 is 9.63 Å². The number of aliphatic imine (C=N–C) groups is 1. The number of carbonyl (C=O) groups is 1. The lowest BCUT2D eigenvalue weighted by atomic mass is 9.66. The van der Waals surface area contributed by atoms with Crippen molar-refractivity contribution >= 4 is 12.7 Å². The van der Waals surface area contributed by atoms with E-state index < -0.39 is 0 Å². The van der Waals surface area contributed by atoms with Gasteiger partial charge in [-0.1, -0.05) is 24.8 Å². The molecule has 98 valence electrons. The Hall–Kier alpha value is -1.94. The first kappa shape index (κ1) is 12.1. The molecule has 0 aromatic heterocycles. The van der Waals surface area contributed by atoms with Gasteiger partial charge in [-0.25, -0.2) is 4.79 Å². The predicted octanol–water partition coefficient (Wildman–Crippen LogP) is 2.09. The van der Waals surface area contributed by atoms with Crippen LogP contribution in [0.3, 0.4) is 0 Å². The van der Waals surface area contributed by atoms with Gasteiger partial charge in [-0.05, 0) is 30.8 Å². The van der Waals surface area contributed by atoms with E-state index in [1.807, 2.05) is 18.2 Å². The number of nitrogens with zero attached hydrogens (tertiary/aromatic N) is 2. The summed E-state index contributed by atoms with van der Waals surface area (Å²) >= 11 is 0. The highest BCUT2D eigenvalue weighted by Crippen LogP contribution is 2.50. The van der Waals surface area contributed by atoms with Gasteiger partial charge in [0.1, 0.15) is 5.54 Å². The monoisotopic (exact) mass is 256 g/mol. The highest BCUT2D eigenvalue weighted by atomic mass is 16.7. The number of hydroxylamine groups is 2. The summed E-state index contributed by atoms with van der Waals surface area (Å²) in [6, 6.07) is 8.99. The maximum Gasteiger partial charge on any atom is 0.357 e. The number of hydrogen-bond donors (Lipinski definition) is 0. The quantitative estimate of drug-likeness (QED) is 0.614. The van der Waals surface area contributed by atoms with Crippen LogP contribution in [0.5, 0.6) is 0 Å².